The van der Waals surface area contributed by atoms with Gasteiger partial charge in [-0.2, -0.15) is 0 Å². The van der Waals surface area contributed by atoms with E-state index in [1.165, 1.54) is 0 Å². The van der Waals surface area contributed by atoms with Gasteiger partial charge in [-0.1, -0.05) is 27.7 Å². The Balaban J connectivity index is 0. The Morgan fingerprint density at radius 1 is 1.17 bits per heavy atom. The lowest BCUT2D eigenvalue weighted by Crippen LogP contribution is -2.52. The fourth-order valence-electron chi connectivity index (χ4n) is 1.28. The second-order valence-electron chi connectivity index (χ2n) is 4.75. The average molecular weight is 281 g/mol. The minimum absolute atomic E-state index is 0. The van der Waals surface area contributed by atoms with Crippen LogP contribution < -0.4 is 11.1 Å². The Morgan fingerprint density at radius 3 is 2.00 bits per heavy atom. The van der Waals surface area contributed by atoms with Crippen LogP contribution in [-0.2, 0) is 14.3 Å². The number of hydrogen-bond donors (Lipinski definition) is 2. The van der Waals surface area contributed by atoms with E-state index in [0.29, 0.717) is 6.61 Å². The Kier molecular flexibility index (Phi) is 9.94. The zero-order valence-corrected chi connectivity index (χ0v) is 12.5. The van der Waals surface area contributed by atoms with Gasteiger partial charge in [0, 0.05) is 0 Å². The maximum atomic E-state index is 11.8. The summed E-state index contributed by atoms with van der Waals surface area (Å²) in [6.07, 6.45) is 0. The van der Waals surface area contributed by atoms with Gasteiger partial charge in [0.15, 0.2) is 0 Å². The van der Waals surface area contributed by atoms with Crippen molar-refractivity contribution >= 4 is 24.3 Å². The van der Waals surface area contributed by atoms with Crippen LogP contribution in [0.4, 0.5) is 0 Å². The van der Waals surface area contributed by atoms with E-state index in [-0.39, 0.29) is 30.2 Å². The fraction of sp³-hybridized carbons (Fsp3) is 0.833. The van der Waals surface area contributed by atoms with Gasteiger partial charge in [0.25, 0.3) is 0 Å². The second kappa shape index (κ2) is 9.16. The molecule has 0 aliphatic rings. The normalized spacial score (nSPS) is 13.8. The summed E-state index contributed by atoms with van der Waals surface area (Å²) < 4.78 is 4.91. The largest absolute Gasteiger partial charge is 0.464 e. The summed E-state index contributed by atoms with van der Waals surface area (Å²) >= 11 is 0. The maximum absolute atomic E-state index is 11.8. The quantitative estimate of drug-likeness (QED) is 0.714. The summed E-state index contributed by atoms with van der Waals surface area (Å²) in [6, 6.07) is -1.24. The number of carbonyl (C=O) groups is 2. The molecule has 108 valence electrons. The SMILES string of the molecule is CCOC(=O)[C@@H](NC(=O)[C@@H](N)C(C)C)C(C)C.Cl. The van der Waals surface area contributed by atoms with E-state index in [0.717, 1.165) is 0 Å². The van der Waals surface area contributed by atoms with E-state index in [1.807, 2.05) is 27.7 Å². The van der Waals surface area contributed by atoms with Gasteiger partial charge < -0.3 is 15.8 Å². The van der Waals surface area contributed by atoms with Crippen molar-refractivity contribution in [1.82, 2.24) is 5.32 Å². The Morgan fingerprint density at radius 2 is 1.67 bits per heavy atom. The number of carbonyl (C=O) groups excluding carboxylic acids is 2. The summed E-state index contributed by atoms with van der Waals surface area (Å²) in [4.78, 5) is 23.4. The van der Waals surface area contributed by atoms with Crippen molar-refractivity contribution in [1.29, 1.82) is 0 Å². The minimum atomic E-state index is -0.632. The highest BCUT2D eigenvalue weighted by molar-refractivity contribution is 5.87. The van der Waals surface area contributed by atoms with Gasteiger partial charge in [-0.25, -0.2) is 4.79 Å². The Bertz CT molecular complexity index is 270. The van der Waals surface area contributed by atoms with Crippen LogP contribution in [0.15, 0.2) is 0 Å². The molecular weight excluding hydrogens is 256 g/mol. The van der Waals surface area contributed by atoms with Gasteiger partial charge in [-0.05, 0) is 18.8 Å². The standard InChI is InChI=1S/C12H24N2O3.ClH/c1-6-17-12(16)10(8(4)5)14-11(15)9(13)7(2)3;/h7-10H,6,13H2,1-5H3,(H,14,15);1H/t9-,10-;/m0./s1. The van der Waals surface area contributed by atoms with E-state index in [4.69, 9.17) is 10.5 Å². The summed E-state index contributed by atoms with van der Waals surface area (Å²) in [5.74, 6) is -0.721. The lowest BCUT2D eigenvalue weighted by Gasteiger charge is -2.23. The van der Waals surface area contributed by atoms with Crippen molar-refractivity contribution in [2.24, 2.45) is 17.6 Å². The molecule has 5 nitrogen and oxygen atoms in total. The molecule has 0 saturated heterocycles. The van der Waals surface area contributed by atoms with Gasteiger partial charge in [-0.3, -0.25) is 4.79 Å². The van der Waals surface area contributed by atoms with E-state index < -0.39 is 18.1 Å². The number of nitrogens with two attached hydrogens (primary N) is 1. The first-order valence-corrected chi connectivity index (χ1v) is 6.03. The van der Waals surface area contributed by atoms with Crippen molar-refractivity contribution in [3.63, 3.8) is 0 Å². The predicted molar refractivity (Wildman–Crippen MR) is 73.5 cm³/mol. The molecule has 0 fully saturated rings. The Hall–Kier alpha value is -0.810. The first-order chi connectivity index (χ1) is 7.81. The number of rotatable bonds is 6. The first kappa shape index (κ1) is 19.5. The van der Waals surface area contributed by atoms with Crippen LogP contribution in [0.25, 0.3) is 0 Å². The van der Waals surface area contributed by atoms with Crippen LogP contribution in [0, 0.1) is 11.8 Å². The van der Waals surface area contributed by atoms with Crippen LogP contribution in [-0.4, -0.2) is 30.6 Å². The molecule has 0 aromatic carbocycles. The highest BCUT2D eigenvalue weighted by atomic mass is 35.5. The molecule has 6 heteroatoms. The minimum Gasteiger partial charge on any atom is -0.464 e. The van der Waals surface area contributed by atoms with Crippen LogP contribution in [0.3, 0.4) is 0 Å². The molecule has 3 N–H and O–H groups in total. The Labute approximate surface area is 115 Å². The summed E-state index contributed by atoms with van der Waals surface area (Å²) in [5.41, 5.74) is 5.72. The number of nitrogens with one attached hydrogen (secondary N) is 1. The van der Waals surface area contributed by atoms with Crippen molar-refractivity contribution in [3.05, 3.63) is 0 Å². The smallest absolute Gasteiger partial charge is 0.328 e. The molecule has 0 saturated carbocycles. The second-order valence-corrected chi connectivity index (χ2v) is 4.75. The molecule has 0 unspecified atom stereocenters. The predicted octanol–water partition coefficient (Wildman–Crippen LogP) is 1.10. The summed E-state index contributed by atoms with van der Waals surface area (Å²) in [7, 11) is 0. The van der Waals surface area contributed by atoms with Crippen molar-refractivity contribution in [2.75, 3.05) is 6.61 Å². The van der Waals surface area contributed by atoms with Crippen LogP contribution in [0.1, 0.15) is 34.6 Å². The molecule has 18 heavy (non-hydrogen) atoms. The molecule has 0 rings (SSSR count). The summed E-state index contributed by atoms with van der Waals surface area (Å²) in [6.45, 7) is 9.45. The third kappa shape index (κ3) is 6.21. The number of halogens is 1. The van der Waals surface area contributed by atoms with E-state index in [2.05, 4.69) is 5.32 Å². The molecule has 0 radical (unpaired) electrons. The van der Waals surface area contributed by atoms with Gasteiger partial charge in [-0.15, -0.1) is 12.4 Å². The van der Waals surface area contributed by atoms with E-state index in [9.17, 15) is 9.59 Å². The van der Waals surface area contributed by atoms with Gasteiger partial charge in [0.05, 0.1) is 12.6 Å². The molecule has 0 heterocycles. The number of amides is 1. The molecular formula is C12H25ClN2O3. The lowest BCUT2D eigenvalue weighted by molar-refractivity contribution is -0.149. The van der Waals surface area contributed by atoms with Crippen molar-refractivity contribution < 1.29 is 14.3 Å². The van der Waals surface area contributed by atoms with Crippen LogP contribution in [0.5, 0.6) is 0 Å². The molecule has 0 aromatic rings. The van der Waals surface area contributed by atoms with Crippen LogP contribution in [0.2, 0.25) is 0 Å². The van der Waals surface area contributed by atoms with E-state index >= 15 is 0 Å². The number of hydrogen-bond acceptors (Lipinski definition) is 4. The topological polar surface area (TPSA) is 81.4 Å². The van der Waals surface area contributed by atoms with Crippen molar-refractivity contribution in [2.45, 2.75) is 46.7 Å². The molecule has 0 bridgehead atoms. The zero-order valence-electron chi connectivity index (χ0n) is 11.7. The molecule has 0 aliphatic carbocycles. The molecule has 2 atom stereocenters. The van der Waals surface area contributed by atoms with Crippen LogP contribution >= 0.6 is 12.4 Å². The first-order valence-electron chi connectivity index (χ1n) is 6.03. The summed E-state index contributed by atoms with van der Waals surface area (Å²) in [5, 5.41) is 2.64. The zero-order chi connectivity index (χ0) is 13.6. The lowest BCUT2D eigenvalue weighted by atomic mass is 10.0. The molecule has 0 aromatic heterocycles. The third-order valence-electron chi connectivity index (χ3n) is 2.53. The third-order valence-corrected chi connectivity index (χ3v) is 2.53. The maximum Gasteiger partial charge on any atom is 0.328 e. The van der Waals surface area contributed by atoms with Crippen molar-refractivity contribution in [3.8, 4) is 0 Å². The van der Waals surface area contributed by atoms with Gasteiger partial charge >= 0.3 is 5.97 Å². The highest BCUT2D eigenvalue weighted by Gasteiger charge is 2.28. The fourth-order valence-corrected chi connectivity index (χ4v) is 1.28. The molecule has 1 amide bonds. The average Bonchev–Trinajstić information content (AvgIpc) is 2.23. The number of ether oxygens (including phenoxy) is 1. The highest BCUT2D eigenvalue weighted by Crippen LogP contribution is 2.06. The van der Waals surface area contributed by atoms with Gasteiger partial charge in [0.1, 0.15) is 6.04 Å². The monoisotopic (exact) mass is 280 g/mol. The van der Waals surface area contributed by atoms with Gasteiger partial charge in [0.2, 0.25) is 5.91 Å². The molecule has 0 spiro atoms. The van der Waals surface area contributed by atoms with E-state index in [1.54, 1.807) is 6.92 Å². The molecule has 0 aliphatic heterocycles. The number of esters is 1.